The van der Waals surface area contributed by atoms with E-state index >= 15 is 0 Å². The van der Waals surface area contributed by atoms with Gasteiger partial charge in [0.1, 0.15) is 17.7 Å². The van der Waals surface area contributed by atoms with E-state index in [0.29, 0.717) is 18.7 Å². The van der Waals surface area contributed by atoms with Crippen molar-refractivity contribution in [3.8, 4) is 17.0 Å². The van der Waals surface area contributed by atoms with Crippen LogP contribution in [-0.4, -0.2) is 78.3 Å². The van der Waals surface area contributed by atoms with Gasteiger partial charge in [-0.1, -0.05) is 19.1 Å². The number of aromatic nitrogens is 5. The smallest absolute Gasteiger partial charge is 0.257 e. The van der Waals surface area contributed by atoms with Crippen LogP contribution in [0.3, 0.4) is 0 Å². The molecule has 4 aromatic rings. The average Bonchev–Trinajstić information content (AvgIpc) is 3.53. The Balaban J connectivity index is 1.23. The minimum Gasteiger partial charge on any atom is -0.507 e. The van der Waals surface area contributed by atoms with E-state index in [-0.39, 0.29) is 17.7 Å². The molecule has 2 N–H and O–H groups in total. The fourth-order valence-electron chi connectivity index (χ4n) is 4.42. The number of nitrogens with zero attached hydrogens (tertiary/aromatic N) is 6. The van der Waals surface area contributed by atoms with Crippen LogP contribution in [0.1, 0.15) is 29.7 Å². The van der Waals surface area contributed by atoms with Crippen molar-refractivity contribution in [1.82, 2.24) is 34.5 Å². The number of aromatic amines is 1. The number of para-hydroxylation sites is 1. The number of nitrogens with one attached hydrogen (secondary N) is 1. The lowest BCUT2D eigenvalue weighted by Crippen LogP contribution is -2.49. The number of carbonyl (C=O) groups excluding carboxylic acids is 1. The molecule has 1 fully saturated rings. The van der Waals surface area contributed by atoms with E-state index in [1.54, 1.807) is 30.6 Å². The van der Waals surface area contributed by atoms with Crippen LogP contribution in [0.4, 0.5) is 0 Å². The first-order chi connectivity index (χ1) is 16.1. The van der Waals surface area contributed by atoms with Gasteiger partial charge in [-0.25, -0.2) is 9.97 Å². The minimum absolute atomic E-state index is 0.0334. The molecule has 170 valence electrons. The molecule has 1 saturated heterocycles. The lowest BCUT2D eigenvalue weighted by molar-refractivity contribution is 0.0612. The van der Waals surface area contributed by atoms with Gasteiger partial charge in [-0.15, -0.1) is 0 Å². The highest BCUT2D eigenvalue weighted by molar-refractivity contribution is 5.96. The molecule has 0 aliphatic carbocycles. The van der Waals surface area contributed by atoms with Gasteiger partial charge in [-0.05, 0) is 24.6 Å². The Bertz CT molecular complexity index is 1260. The highest BCUT2D eigenvalue weighted by atomic mass is 16.3. The lowest BCUT2D eigenvalue weighted by Gasteiger charge is -2.36. The Hall–Kier alpha value is -3.72. The molecule has 0 saturated carbocycles. The van der Waals surface area contributed by atoms with E-state index in [4.69, 9.17) is 0 Å². The van der Waals surface area contributed by atoms with Gasteiger partial charge in [0.05, 0.1) is 23.5 Å². The number of rotatable bonds is 6. The largest absolute Gasteiger partial charge is 0.507 e. The van der Waals surface area contributed by atoms with Crippen LogP contribution < -0.4 is 0 Å². The van der Waals surface area contributed by atoms with Crippen LogP contribution >= 0.6 is 0 Å². The maximum Gasteiger partial charge on any atom is 0.257 e. The molecular formula is C24H27N7O2. The molecule has 1 aliphatic heterocycles. The lowest BCUT2D eigenvalue weighted by atomic mass is 10.1. The molecule has 33 heavy (non-hydrogen) atoms. The van der Waals surface area contributed by atoms with Crippen molar-refractivity contribution in [2.45, 2.75) is 19.4 Å². The summed E-state index contributed by atoms with van der Waals surface area (Å²) >= 11 is 0. The number of H-pyrrole nitrogens is 1. The molecule has 9 heteroatoms. The maximum atomic E-state index is 12.8. The summed E-state index contributed by atoms with van der Waals surface area (Å²) < 4.78 is 2.02. The molecule has 1 unspecified atom stereocenters. The fourth-order valence-corrected chi connectivity index (χ4v) is 4.42. The quantitative estimate of drug-likeness (QED) is 0.473. The number of hydrogen-bond acceptors (Lipinski definition) is 6. The van der Waals surface area contributed by atoms with Gasteiger partial charge in [0.15, 0.2) is 0 Å². The maximum absolute atomic E-state index is 12.8. The highest BCUT2D eigenvalue weighted by Gasteiger charge is 2.25. The van der Waals surface area contributed by atoms with Crippen molar-refractivity contribution in [3.05, 3.63) is 60.8 Å². The summed E-state index contributed by atoms with van der Waals surface area (Å²) in [7, 11) is 0. The summed E-state index contributed by atoms with van der Waals surface area (Å²) in [6.07, 6.45) is 8.30. The molecule has 1 aromatic carbocycles. The average molecular weight is 446 g/mol. The molecule has 1 atom stereocenters. The van der Waals surface area contributed by atoms with Crippen molar-refractivity contribution in [1.29, 1.82) is 0 Å². The predicted molar refractivity (Wildman–Crippen MR) is 125 cm³/mol. The van der Waals surface area contributed by atoms with Crippen molar-refractivity contribution >= 4 is 16.9 Å². The van der Waals surface area contributed by atoms with Gasteiger partial charge < -0.3 is 15.0 Å². The minimum atomic E-state index is -0.113. The van der Waals surface area contributed by atoms with Gasteiger partial charge in [-0.3, -0.25) is 14.4 Å². The van der Waals surface area contributed by atoms with Gasteiger partial charge >= 0.3 is 0 Å². The molecule has 0 radical (unpaired) electrons. The summed E-state index contributed by atoms with van der Waals surface area (Å²) in [5, 5.41) is 15.6. The first kappa shape index (κ1) is 21.1. The Morgan fingerprint density at radius 3 is 2.76 bits per heavy atom. The Morgan fingerprint density at radius 1 is 1.15 bits per heavy atom. The van der Waals surface area contributed by atoms with Gasteiger partial charge in [0, 0.05) is 56.1 Å². The van der Waals surface area contributed by atoms with Crippen LogP contribution in [0.2, 0.25) is 0 Å². The van der Waals surface area contributed by atoms with Crippen LogP contribution in [0.15, 0.2) is 55.2 Å². The molecule has 0 bridgehead atoms. The molecule has 4 heterocycles. The van der Waals surface area contributed by atoms with Crippen molar-refractivity contribution < 1.29 is 9.90 Å². The topological polar surface area (TPSA) is 103 Å². The number of benzene rings is 1. The number of phenolic OH excluding ortho intramolecular Hbond substituents is 1. The Kier molecular flexibility index (Phi) is 5.78. The summed E-state index contributed by atoms with van der Waals surface area (Å²) in [6, 6.07) is 8.93. The first-order valence-electron chi connectivity index (χ1n) is 11.3. The second kappa shape index (κ2) is 9.03. The van der Waals surface area contributed by atoms with Crippen molar-refractivity contribution in [2.24, 2.45) is 0 Å². The summed E-state index contributed by atoms with van der Waals surface area (Å²) in [5.74, 6) is -0.0801. The van der Waals surface area contributed by atoms with Crippen LogP contribution in [0, 0.1) is 0 Å². The third kappa shape index (κ3) is 4.19. The number of hydrogen-bond donors (Lipinski definition) is 2. The van der Waals surface area contributed by atoms with E-state index in [1.165, 1.54) is 0 Å². The van der Waals surface area contributed by atoms with E-state index < -0.39 is 0 Å². The van der Waals surface area contributed by atoms with Crippen molar-refractivity contribution in [3.63, 3.8) is 0 Å². The van der Waals surface area contributed by atoms with E-state index in [1.807, 2.05) is 28.0 Å². The standard InChI is InChI=1S/C24H27N7O2/c1-2-18(31-14-17(13-28-31)22-20-7-8-25-23(20)27-16-26-22)15-29-9-11-30(12-10-29)24(33)19-5-3-4-6-21(19)32/h3-8,13-14,16,18,32H,2,9-12,15H2,1H3,(H,25,26,27). The van der Waals surface area contributed by atoms with Crippen LogP contribution in [0.5, 0.6) is 5.75 Å². The van der Waals surface area contributed by atoms with Crippen molar-refractivity contribution in [2.75, 3.05) is 32.7 Å². The monoisotopic (exact) mass is 445 g/mol. The second-order valence-corrected chi connectivity index (χ2v) is 8.34. The number of carbonyl (C=O) groups is 1. The van der Waals surface area contributed by atoms with E-state index in [0.717, 1.165) is 48.3 Å². The molecule has 1 aliphatic rings. The van der Waals surface area contributed by atoms with Gasteiger partial charge in [0.2, 0.25) is 0 Å². The molecule has 5 rings (SSSR count). The molecule has 1 amide bonds. The SMILES string of the molecule is CCC(CN1CCN(C(=O)c2ccccc2O)CC1)n1cc(-c2ncnc3[nH]ccc23)cn1. The Labute approximate surface area is 191 Å². The number of aromatic hydroxyl groups is 1. The zero-order chi connectivity index (χ0) is 22.8. The van der Waals surface area contributed by atoms with E-state index in [9.17, 15) is 9.90 Å². The van der Waals surface area contributed by atoms with Gasteiger partial charge in [0.25, 0.3) is 5.91 Å². The number of fused-ring (bicyclic) bond motifs is 1. The fraction of sp³-hybridized carbons (Fsp3) is 0.333. The third-order valence-corrected chi connectivity index (χ3v) is 6.34. The Morgan fingerprint density at radius 2 is 1.97 bits per heavy atom. The molecule has 0 spiro atoms. The highest BCUT2D eigenvalue weighted by Crippen LogP contribution is 2.26. The molecular weight excluding hydrogens is 418 g/mol. The van der Waals surface area contributed by atoms with Crippen LogP contribution in [-0.2, 0) is 0 Å². The summed E-state index contributed by atoms with van der Waals surface area (Å²) in [5.41, 5.74) is 3.02. The van der Waals surface area contributed by atoms with E-state index in [2.05, 4.69) is 38.1 Å². The third-order valence-electron chi connectivity index (χ3n) is 6.34. The molecule has 3 aromatic heterocycles. The van der Waals surface area contributed by atoms with Crippen LogP contribution in [0.25, 0.3) is 22.3 Å². The zero-order valence-corrected chi connectivity index (χ0v) is 18.6. The second-order valence-electron chi connectivity index (χ2n) is 8.34. The van der Waals surface area contributed by atoms with Gasteiger partial charge in [-0.2, -0.15) is 5.10 Å². The number of amides is 1. The first-order valence-corrected chi connectivity index (χ1v) is 11.3. The summed E-state index contributed by atoms with van der Waals surface area (Å²) in [4.78, 5) is 28.8. The molecule has 9 nitrogen and oxygen atoms in total. The number of phenols is 1. The predicted octanol–water partition coefficient (Wildman–Crippen LogP) is 2.94. The number of piperazine rings is 1. The normalized spacial score (nSPS) is 15.7. The summed E-state index contributed by atoms with van der Waals surface area (Å²) in [6.45, 7) is 5.89. The zero-order valence-electron chi connectivity index (χ0n) is 18.6.